The number of nitrogens with one attached hydrogen (secondary N) is 2. The maximum atomic E-state index is 11.9. The fourth-order valence-electron chi connectivity index (χ4n) is 2.64. The van der Waals surface area contributed by atoms with Crippen molar-refractivity contribution in [3.63, 3.8) is 0 Å². The zero-order chi connectivity index (χ0) is 16.1. The van der Waals surface area contributed by atoms with Gasteiger partial charge < -0.3 is 30.0 Å². The number of rotatable bonds is 6. The minimum atomic E-state index is -0.770. The summed E-state index contributed by atoms with van der Waals surface area (Å²) in [5.41, 5.74) is 0. The standard InChI is InChI=1S/C16H22N2O5.ClH/c19-11(8-18-16(20)13-3-1-2-6-17-13)9-21-12-4-5-14-15(7-12)23-10-22-14;/h4-5,7,11,13,17,19H,1-3,6,8-10H2,(H,18,20);1H. The quantitative estimate of drug-likeness (QED) is 0.698. The van der Waals surface area contributed by atoms with E-state index >= 15 is 0 Å². The Balaban J connectivity index is 0.00000208. The molecule has 24 heavy (non-hydrogen) atoms. The number of carbonyl (C=O) groups excluding carboxylic acids is 1. The molecule has 2 aliphatic heterocycles. The van der Waals surface area contributed by atoms with Gasteiger partial charge in [-0.15, -0.1) is 12.4 Å². The van der Waals surface area contributed by atoms with Crippen molar-refractivity contribution in [1.82, 2.24) is 10.6 Å². The van der Waals surface area contributed by atoms with Crippen LogP contribution in [0.15, 0.2) is 18.2 Å². The van der Waals surface area contributed by atoms with E-state index in [2.05, 4.69) is 10.6 Å². The smallest absolute Gasteiger partial charge is 0.237 e. The number of fused-ring (bicyclic) bond motifs is 1. The number of halogens is 1. The van der Waals surface area contributed by atoms with Crippen molar-refractivity contribution in [2.24, 2.45) is 0 Å². The van der Waals surface area contributed by atoms with Crippen LogP contribution in [0.4, 0.5) is 0 Å². The Morgan fingerprint density at radius 3 is 3.00 bits per heavy atom. The largest absolute Gasteiger partial charge is 0.491 e. The van der Waals surface area contributed by atoms with Crippen molar-refractivity contribution >= 4 is 18.3 Å². The van der Waals surface area contributed by atoms with Crippen LogP contribution in [0, 0.1) is 0 Å². The van der Waals surface area contributed by atoms with E-state index in [4.69, 9.17) is 14.2 Å². The second-order valence-electron chi connectivity index (χ2n) is 5.73. The van der Waals surface area contributed by atoms with Crippen LogP contribution in [0.25, 0.3) is 0 Å². The summed E-state index contributed by atoms with van der Waals surface area (Å²) in [5, 5.41) is 15.9. The van der Waals surface area contributed by atoms with Crippen molar-refractivity contribution in [1.29, 1.82) is 0 Å². The van der Waals surface area contributed by atoms with Crippen LogP contribution < -0.4 is 24.8 Å². The first-order chi connectivity index (χ1) is 11.2. The molecule has 2 atom stereocenters. The van der Waals surface area contributed by atoms with Gasteiger partial charge in [-0.2, -0.15) is 0 Å². The number of hydrogen-bond acceptors (Lipinski definition) is 6. The van der Waals surface area contributed by atoms with Gasteiger partial charge in [-0.3, -0.25) is 4.79 Å². The molecule has 3 rings (SSSR count). The van der Waals surface area contributed by atoms with Crippen molar-refractivity contribution in [2.45, 2.75) is 31.4 Å². The molecule has 134 valence electrons. The molecule has 1 aromatic rings. The third-order valence-electron chi connectivity index (χ3n) is 3.93. The van der Waals surface area contributed by atoms with E-state index in [1.165, 1.54) is 0 Å². The first kappa shape index (κ1) is 18.6. The fraction of sp³-hybridized carbons (Fsp3) is 0.562. The van der Waals surface area contributed by atoms with Gasteiger partial charge in [0.1, 0.15) is 18.5 Å². The average Bonchev–Trinajstić information content (AvgIpc) is 3.06. The minimum Gasteiger partial charge on any atom is -0.491 e. The van der Waals surface area contributed by atoms with Gasteiger partial charge >= 0.3 is 0 Å². The first-order valence-corrected chi connectivity index (χ1v) is 7.94. The molecule has 2 heterocycles. The van der Waals surface area contributed by atoms with E-state index in [-0.39, 0.29) is 44.3 Å². The van der Waals surface area contributed by atoms with Crippen LogP contribution in [0.3, 0.4) is 0 Å². The lowest BCUT2D eigenvalue weighted by molar-refractivity contribution is -0.124. The molecule has 0 aliphatic carbocycles. The van der Waals surface area contributed by atoms with Crippen molar-refractivity contribution < 1.29 is 24.1 Å². The predicted octanol–water partition coefficient (Wildman–Crippen LogP) is 0.835. The van der Waals surface area contributed by atoms with Crippen molar-refractivity contribution in [3.05, 3.63) is 18.2 Å². The second kappa shape index (κ2) is 8.96. The van der Waals surface area contributed by atoms with Gasteiger partial charge in [0.15, 0.2) is 11.5 Å². The molecule has 0 radical (unpaired) electrons. The lowest BCUT2D eigenvalue weighted by Gasteiger charge is -2.23. The number of benzene rings is 1. The molecule has 0 bridgehead atoms. The fourth-order valence-corrected chi connectivity index (χ4v) is 2.64. The molecule has 2 unspecified atom stereocenters. The number of aliphatic hydroxyl groups excluding tert-OH is 1. The molecule has 1 fully saturated rings. The van der Waals surface area contributed by atoms with Crippen LogP contribution in [-0.4, -0.2) is 49.6 Å². The SMILES string of the molecule is Cl.O=C(NCC(O)COc1ccc2c(c1)OCO2)C1CCCCN1. The van der Waals surface area contributed by atoms with E-state index in [0.29, 0.717) is 17.2 Å². The van der Waals surface area contributed by atoms with E-state index in [1.807, 2.05) is 0 Å². The Kier molecular flexibility index (Phi) is 6.96. The molecular weight excluding hydrogens is 336 g/mol. The number of ether oxygens (including phenoxy) is 3. The zero-order valence-corrected chi connectivity index (χ0v) is 14.1. The molecule has 7 nitrogen and oxygen atoms in total. The van der Waals surface area contributed by atoms with Crippen LogP contribution in [-0.2, 0) is 4.79 Å². The lowest BCUT2D eigenvalue weighted by atomic mass is 10.0. The molecule has 1 amide bonds. The summed E-state index contributed by atoms with van der Waals surface area (Å²) in [5.74, 6) is 1.85. The molecule has 2 aliphatic rings. The molecule has 1 aromatic carbocycles. The van der Waals surface area contributed by atoms with Crippen LogP contribution in [0.2, 0.25) is 0 Å². The first-order valence-electron chi connectivity index (χ1n) is 7.94. The summed E-state index contributed by atoms with van der Waals surface area (Å²) in [7, 11) is 0. The Morgan fingerprint density at radius 2 is 2.21 bits per heavy atom. The predicted molar refractivity (Wildman–Crippen MR) is 90.0 cm³/mol. The maximum Gasteiger partial charge on any atom is 0.237 e. The summed E-state index contributed by atoms with van der Waals surface area (Å²) in [6.07, 6.45) is 2.24. The third kappa shape index (κ3) is 4.90. The van der Waals surface area contributed by atoms with Gasteiger partial charge in [0.05, 0.1) is 6.04 Å². The van der Waals surface area contributed by atoms with Crippen molar-refractivity contribution in [2.75, 3.05) is 26.5 Å². The van der Waals surface area contributed by atoms with E-state index < -0.39 is 6.10 Å². The van der Waals surface area contributed by atoms with Gasteiger partial charge in [-0.25, -0.2) is 0 Å². The van der Waals surface area contributed by atoms with Gasteiger partial charge in [-0.1, -0.05) is 6.42 Å². The molecule has 1 saturated heterocycles. The number of carbonyl (C=O) groups is 1. The Morgan fingerprint density at radius 1 is 1.38 bits per heavy atom. The van der Waals surface area contributed by atoms with Crippen LogP contribution in [0.1, 0.15) is 19.3 Å². The minimum absolute atomic E-state index is 0. The summed E-state index contributed by atoms with van der Waals surface area (Å²) >= 11 is 0. The lowest BCUT2D eigenvalue weighted by Crippen LogP contribution is -2.48. The van der Waals surface area contributed by atoms with Crippen LogP contribution in [0.5, 0.6) is 17.2 Å². The van der Waals surface area contributed by atoms with Crippen molar-refractivity contribution in [3.8, 4) is 17.2 Å². The highest BCUT2D eigenvalue weighted by atomic mass is 35.5. The van der Waals surface area contributed by atoms with Crippen LogP contribution >= 0.6 is 12.4 Å². The molecule has 8 heteroatoms. The number of hydrogen-bond donors (Lipinski definition) is 3. The Labute approximate surface area is 147 Å². The van der Waals surface area contributed by atoms with Gasteiger partial charge in [0, 0.05) is 12.6 Å². The number of aliphatic hydroxyl groups is 1. The normalized spacial score (nSPS) is 20.0. The average molecular weight is 359 g/mol. The molecule has 0 saturated carbocycles. The Bertz CT molecular complexity index is 551. The zero-order valence-electron chi connectivity index (χ0n) is 13.3. The van der Waals surface area contributed by atoms with E-state index in [0.717, 1.165) is 25.8 Å². The third-order valence-corrected chi connectivity index (χ3v) is 3.93. The number of amides is 1. The highest BCUT2D eigenvalue weighted by molar-refractivity contribution is 5.85. The summed E-state index contributed by atoms with van der Waals surface area (Å²) in [4.78, 5) is 11.9. The monoisotopic (exact) mass is 358 g/mol. The van der Waals surface area contributed by atoms with Gasteiger partial charge in [-0.05, 0) is 31.5 Å². The van der Waals surface area contributed by atoms with Gasteiger partial charge in [0.2, 0.25) is 12.7 Å². The summed E-state index contributed by atoms with van der Waals surface area (Å²) < 4.78 is 16.0. The maximum absolute atomic E-state index is 11.9. The topological polar surface area (TPSA) is 89.1 Å². The molecule has 0 spiro atoms. The molecular formula is C16H23ClN2O5. The summed E-state index contributed by atoms with van der Waals surface area (Å²) in [6.45, 7) is 1.34. The number of piperidine rings is 1. The van der Waals surface area contributed by atoms with Gasteiger partial charge in [0.25, 0.3) is 0 Å². The highest BCUT2D eigenvalue weighted by Gasteiger charge is 2.21. The summed E-state index contributed by atoms with van der Waals surface area (Å²) in [6, 6.07) is 5.09. The molecule has 3 N–H and O–H groups in total. The Hall–Kier alpha value is -1.70. The highest BCUT2D eigenvalue weighted by Crippen LogP contribution is 2.35. The van der Waals surface area contributed by atoms with E-state index in [9.17, 15) is 9.90 Å². The van der Waals surface area contributed by atoms with E-state index in [1.54, 1.807) is 18.2 Å². The molecule has 0 aromatic heterocycles. The second-order valence-corrected chi connectivity index (χ2v) is 5.73.